The third-order valence-corrected chi connectivity index (χ3v) is 2.71. The van der Waals surface area contributed by atoms with Crippen LogP contribution in [0.5, 0.6) is 5.75 Å². The monoisotopic (exact) mass is 287 g/mol. The number of aromatic nitrogens is 1. The topological polar surface area (TPSA) is 44.5 Å². The van der Waals surface area contributed by atoms with E-state index < -0.39 is 0 Å². The largest absolute Gasteiger partial charge is 0.486 e. The molecule has 0 aliphatic heterocycles. The second-order valence-electron chi connectivity index (χ2n) is 3.58. The number of nitrogens with zero attached hydrogens (tertiary/aromatic N) is 1. The van der Waals surface area contributed by atoms with Crippen molar-refractivity contribution < 1.29 is 14.0 Å². The number of hydrogen-bond acceptors (Lipinski definition) is 4. The maximum atomic E-state index is 5.97. The van der Waals surface area contributed by atoms with Gasteiger partial charge in [0.1, 0.15) is 24.7 Å². The van der Waals surface area contributed by atoms with Crippen LogP contribution in [0, 0.1) is 0 Å². The van der Waals surface area contributed by atoms with Gasteiger partial charge < -0.3 is 14.0 Å². The molecule has 0 atom stereocenters. The third-order valence-electron chi connectivity index (χ3n) is 2.16. The van der Waals surface area contributed by atoms with Gasteiger partial charge in [-0.15, -0.1) is 0 Å². The molecule has 0 saturated carbocycles. The lowest BCUT2D eigenvalue weighted by Gasteiger charge is -2.06. The quantitative estimate of drug-likeness (QED) is 0.841. The molecular weight excluding hydrogens is 277 g/mol. The fraction of sp³-hybridized carbons (Fsp3) is 0.250. The Labute approximate surface area is 114 Å². The van der Waals surface area contributed by atoms with E-state index in [9.17, 15) is 0 Å². The van der Waals surface area contributed by atoms with E-state index in [1.165, 1.54) is 0 Å². The lowest BCUT2D eigenvalue weighted by molar-refractivity contribution is 0.155. The summed E-state index contributed by atoms with van der Waals surface area (Å²) in [7, 11) is 1.59. The van der Waals surface area contributed by atoms with E-state index in [1.54, 1.807) is 31.4 Å². The number of hydrogen-bond donors (Lipinski definition) is 0. The van der Waals surface area contributed by atoms with E-state index in [4.69, 9.17) is 37.2 Å². The molecule has 1 aromatic heterocycles. The highest BCUT2D eigenvalue weighted by molar-refractivity contribution is 6.34. The number of rotatable bonds is 5. The molecule has 4 nitrogen and oxygen atoms in total. The highest BCUT2D eigenvalue weighted by atomic mass is 35.5. The summed E-state index contributed by atoms with van der Waals surface area (Å²) in [4.78, 5) is 0. The lowest BCUT2D eigenvalue weighted by Crippen LogP contribution is -1.96. The molecule has 0 bridgehead atoms. The Balaban J connectivity index is 1.99. The number of halogens is 2. The summed E-state index contributed by atoms with van der Waals surface area (Å²) in [6.07, 6.45) is 0. The second kappa shape index (κ2) is 6.09. The van der Waals surface area contributed by atoms with E-state index >= 15 is 0 Å². The normalized spacial score (nSPS) is 10.6. The van der Waals surface area contributed by atoms with Gasteiger partial charge in [0.2, 0.25) is 0 Å². The van der Waals surface area contributed by atoms with Crippen LogP contribution in [0.1, 0.15) is 11.5 Å². The standard InChI is InChI=1S/C12H11Cl2NO3/c1-16-7-10-5-9(15-18-10)6-17-12-4-8(13)2-3-11(12)14/h2-5H,6-7H2,1H3. The average molecular weight is 288 g/mol. The van der Waals surface area contributed by atoms with Crippen LogP contribution in [0.15, 0.2) is 28.8 Å². The van der Waals surface area contributed by atoms with Crippen LogP contribution in [0.3, 0.4) is 0 Å². The molecule has 0 radical (unpaired) electrons. The Morgan fingerprint density at radius 2 is 2.06 bits per heavy atom. The first-order valence-corrected chi connectivity index (χ1v) is 5.96. The van der Waals surface area contributed by atoms with Crippen molar-refractivity contribution in [2.24, 2.45) is 0 Å². The predicted molar refractivity (Wildman–Crippen MR) is 68.0 cm³/mol. The molecule has 0 unspecified atom stereocenters. The van der Waals surface area contributed by atoms with Gasteiger partial charge in [0, 0.05) is 24.3 Å². The number of methoxy groups -OCH3 is 1. The zero-order valence-corrected chi connectivity index (χ0v) is 11.2. The minimum absolute atomic E-state index is 0.257. The minimum atomic E-state index is 0.257. The number of ether oxygens (including phenoxy) is 2. The van der Waals surface area contributed by atoms with Gasteiger partial charge in [0.25, 0.3) is 0 Å². The van der Waals surface area contributed by atoms with Crippen molar-refractivity contribution in [3.05, 3.63) is 45.8 Å². The van der Waals surface area contributed by atoms with Gasteiger partial charge in [0.15, 0.2) is 5.76 Å². The molecule has 6 heteroatoms. The first kappa shape index (κ1) is 13.2. The Bertz CT molecular complexity index is 528. The lowest BCUT2D eigenvalue weighted by atomic mass is 10.3. The van der Waals surface area contributed by atoms with Crippen LogP contribution < -0.4 is 4.74 Å². The van der Waals surface area contributed by atoms with Crippen molar-refractivity contribution in [2.75, 3.05) is 7.11 Å². The maximum absolute atomic E-state index is 5.97. The van der Waals surface area contributed by atoms with Gasteiger partial charge in [-0.05, 0) is 12.1 Å². The Hall–Kier alpha value is -1.23. The van der Waals surface area contributed by atoms with Crippen LogP contribution in [0.2, 0.25) is 10.0 Å². The van der Waals surface area contributed by atoms with Crippen molar-refractivity contribution >= 4 is 23.2 Å². The van der Waals surface area contributed by atoms with Crippen molar-refractivity contribution in [2.45, 2.75) is 13.2 Å². The number of benzene rings is 1. The van der Waals surface area contributed by atoms with Crippen LogP contribution in [0.25, 0.3) is 0 Å². The molecule has 0 aliphatic rings. The molecule has 0 saturated heterocycles. The summed E-state index contributed by atoms with van der Waals surface area (Å²) in [6, 6.07) is 6.80. The zero-order chi connectivity index (χ0) is 13.0. The second-order valence-corrected chi connectivity index (χ2v) is 4.42. The first-order chi connectivity index (χ1) is 8.69. The van der Waals surface area contributed by atoms with Crippen LogP contribution in [0.4, 0.5) is 0 Å². The van der Waals surface area contributed by atoms with Crippen molar-refractivity contribution in [1.29, 1.82) is 0 Å². The molecule has 2 aromatic rings. The van der Waals surface area contributed by atoms with Crippen molar-refractivity contribution in [3.63, 3.8) is 0 Å². The average Bonchev–Trinajstić information content (AvgIpc) is 2.79. The van der Waals surface area contributed by atoms with Crippen molar-refractivity contribution in [3.8, 4) is 5.75 Å². The van der Waals surface area contributed by atoms with Crippen LogP contribution >= 0.6 is 23.2 Å². The van der Waals surface area contributed by atoms with Gasteiger partial charge in [-0.1, -0.05) is 28.4 Å². The summed E-state index contributed by atoms with van der Waals surface area (Å²) in [5.41, 5.74) is 0.665. The van der Waals surface area contributed by atoms with E-state index in [0.29, 0.717) is 33.9 Å². The van der Waals surface area contributed by atoms with Gasteiger partial charge in [-0.25, -0.2) is 0 Å². The van der Waals surface area contributed by atoms with Gasteiger partial charge in [-0.3, -0.25) is 0 Å². The maximum Gasteiger partial charge on any atom is 0.162 e. The van der Waals surface area contributed by atoms with Crippen LogP contribution in [-0.2, 0) is 18.0 Å². The Kier molecular flexibility index (Phi) is 4.47. The van der Waals surface area contributed by atoms with E-state index in [-0.39, 0.29) is 6.61 Å². The van der Waals surface area contributed by atoms with Gasteiger partial charge in [-0.2, -0.15) is 0 Å². The molecule has 1 heterocycles. The van der Waals surface area contributed by atoms with E-state index in [2.05, 4.69) is 5.16 Å². The summed E-state index contributed by atoms with van der Waals surface area (Å²) in [5.74, 6) is 1.16. The molecule has 18 heavy (non-hydrogen) atoms. The Morgan fingerprint density at radius 1 is 1.22 bits per heavy atom. The summed E-state index contributed by atoms with van der Waals surface area (Å²) >= 11 is 11.8. The third kappa shape index (κ3) is 3.38. The summed E-state index contributed by atoms with van der Waals surface area (Å²) in [5, 5.41) is 4.91. The Morgan fingerprint density at radius 3 is 2.83 bits per heavy atom. The highest BCUT2D eigenvalue weighted by Gasteiger charge is 2.07. The summed E-state index contributed by atoms with van der Waals surface area (Å²) in [6.45, 7) is 0.637. The predicted octanol–water partition coefficient (Wildman–Crippen LogP) is 3.71. The molecule has 0 fully saturated rings. The highest BCUT2D eigenvalue weighted by Crippen LogP contribution is 2.28. The molecular formula is C12H11Cl2NO3. The van der Waals surface area contributed by atoms with E-state index in [0.717, 1.165) is 0 Å². The first-order valence-electron chi connectivity index (χ1n) is 5.20. The molecule has 0 aliphatic carbocycles. The molecule has 2 rings (SSSR count). The fourth-order valence-electron chi connectivity index (χ4n) is 1.37. The smallest absolute Gasteiger partial charge is 0.162 e. The van der Waals surface area contributed by atoms with Gasteiger partial charge >= 0.3 is 0 Å². The molecule has 96 valence electrons. The van der Waals surface area contributed by atoms with E-state index in [1.807, 2.05) is 0 Å². The zero-order valence-electron chi connectivity index (χ0n) is 9.65. The molecule has 0 spiro atoms. The van der Waals surface area contributed by atoms with Crippen LogP contribution in [-0.4, -0.2) is 12.3 Å². The fourth-order valence-corrected chi connectivity index (χ4v) is 1.71. The van der Waals surface area contributed by atoms with Gasteiger partial charge in [0.05, 0.1) is 5.02 Å². The SMILES string of the molecule is COCc1cc(COc2cc(Cl)ccc2Cl)no1. The molecule has 0 amide bonds. The summed E-state index contributed by atoms with van der Waals surface area (Å²) < 4.78 is 15.5. The molecule has 1 aromatic carbocycles. The van der Waals surface area contributed by atoms with Crippen molar-refractivity contribution in [1.82, 2.24) is 5.16 Å². The molecule has 0 N–H and O–H groups in total. The minimum Gasteiger partial charge on any atom is -0.486 e.